The number of esters is 1. The number of nitrogens with one attached hydrogen (secondary N) is 1. The fourth-order valence-corrected chi connectivity index (χ4v) is 2.57. The van der Waals surface area contributed by atoms with Gasteiger partial charge < -0.3 is 19.5 Å². The smallest absolute Gasteiger partial charge is 0.344 e. The van der Waals surface area contributed by atoms with E-state index in [1.54, 1.807) is 24.3 Å². The highest BCUT2D eigenvalue weighted by atomic mass is 35.5. The second kappa shape index (κ2) is 9.28. The molecule has 1 N–H and O–H groups in total. The van der Waals surface area contributed by atoms with Gasteiger partial charge in [0.25, 0.3) is 5.91 Å². The van der Waals surface area contributed by atoms with Crippen molar-refractivity contribution in [3.05, 3.63) is 52.5 Å². The molecule has 1 amide bonds. The van der Waals surface area contributed by atoms with E-state index < -0.39 is 18.0 Å². The third-order valence-corrected chi connectivity index (χ3v) is 4.01. The van der Waals surface area contributed by atoms with Crippen LogP contribution in [-0.4, -0.2) is 31.7 Å². The molecule has 27 heavy (non-hydrogen) atoms. The SMILES string of the molecule is COc1ccc(Cl)cc1NC(=O)[C@H](C)OC(=O)COc1ccc(C)cc1C. The summed E-state index contributed by atoms with van der Waals surface area (Å²) < 4.78 is 15.8. The molecule has 2 aromatic carbocycles. The van der Waals surface area contributed by atoms with Crippen LogP contribution in [0.4, 0.5) is 5.69 Å². The van der Waals surface area contributed by atoms with Gasteiger partial charge in [0.2, 0.25) is 0 Å². The molecular weight excluding hydrogens is 370 g/mol. The van der Waals surface area contributed by atoms with Crippen molar-refractivity contribution in [3.63, 3.8) is 0 Å². The van der Waals surface area contributed by atoms with E-state index in [9.17, 15) is 9.59 Å². The molecule has 0 saturated carbocycles. The fraction of sp³-hybridized carbons (Fsp3) is 0.300. The molecular formula is C20H22ClNO5. The maximum atomic E-state index is 12.3. The van der Waals surface area contributed by atoms with Gasteiger partial charge in [0.1, 0.15) is 11.5 Å². The van der Waals surface area contributed by atoms with Crippen molar-refractivity contribution in [3.8, 4) is 11.5 Å². The number of rotatable bonds is 7. The molecule has 0 aliphatic carbocycles. The lowest BCUT2D eigenvalue weighted by Crippen LogP contribution is -2.31. The summed E-state index contributed by atoms with van der Waals surface area (Å²) in [7, 11) is 1.48. The van der Waals surface area contributed by atoms with E-state index in [-0.39, 0.29) is 6.61 Å². The Bertz CT molecular complexity index is 837. The largest absolute Gasteiger partial charge is 0.495 e. The monoisotopic (exact) mass is 391 g/mol. The molecule has 0 radical (unpaired) electrons. The van der Waals surface area contributed by atoms with Gasteiger partial charge >= 0.3 is 5.97 Å². The Morgan fingerprint density at radius 3 is 2.48 bits per heavy atom. The van der Waals surface area contributed by atoms with Crippen molar-refractivity contribution < 1.29 is 23.8 Å². The van der Waals surface area contributed by atoms with Crippen LogP contribution in [0.25, 0.3) is 0 Å². The Morgan fingerprint density at radius 1 is 1.11 bits per heavy atom. The summed E-state index contributed by atoms with van der Waals surface area (Å²) in [5.41, 5.74) is 2.41. The first-order valence-corrected chi connectivity index (χ1v) is 8.72. The Labute approximate surface area is 163 Å². The number of hydrogen-bond donors (Lipinski definition) is 1. The summed E-state index contributed by atoms with van der Waals surface area (Å²) in [6, 6.07) is 10.5. The summed E-state index contributed by atoms with van der Waals surface area (Å²) in [5, 5.41) is 3.07. The third kappa shape index (κ3) is 5.89. The summed E-state index contributed by atoms with van der Waals surface area (Å²) in [5.74, 6) is -0.103. The van der Waals surface area contributed by atoms with Crippen LogP contribution in [0.15, 0.2) is 36.4 Å². The average molecular weight is 392 g/mol. The molecule has 0 unspecified atom stereocenters. The Morgan fingerprint density at radius 2 is 1.81 bits per heavy atom. The first kappa shape index (κ1) is 20.6. The zero-order chi connectivity index (χ0) is 20.0. The van der Waals surface area contributed by atoms with E-state index in [4.69, 9.17) is 25.8 Å². The molecule has 0 saturated heterocycles. The maximum Gasteiger partial charge on any atom is 0.344 e. The molecule has 2 rings (SSSR count). The average Bonchev–Trinajstić information content (AvgIpc) is 2.61. The number of hydrogen-bond acceptors (Lipinski definition) is 5. The topological polar surface area (TPSA) is 73.9 Å². The van der Waals surface area contributed by atoms with Gasteiger partial charge in [-0.25, -0.2) is 4.79 Å². The van der Waals surface area contributed by atoms with Gasteiger partial charge in [-0.3, -0.25) is 4.79 Å². The normalized spacial score (nSPS) is 11.4. The number of carbonyl (C=O) groups excluding carboxylic acids is 2. The van der Waals surface area contributed by atoms with E-state index in [0.29, 0.717) is 22.2 Å². The highest BCUT2D eigenvalue weighted by molar-refractivity contribution is 6.31. The molecule has 0 bridgehead atoms. The molecule has 0 heterocycles. The number of anilines is 1. The van der Waals surface area contributed by atoms with E-state index >= 15 is 0 Å². The predicted octanol–water partition coefficient (Wildman–Crippen LogP) is 3.91. The second-order valence-electron chi connectivity index (χ2n) is 6.02. The van der Waals surface area contributed by atoms with Crippen LogP contribution in [0.1, 0.15) is 18.1 Å². The maximum absolute atomic E-state index is 12.3. The molecule has 7 heteroatoms. The molecule has 144 valence electrons. The van der Waals surface area contributed by atoms with Crippen LogP contribution >= 0.6 is 11.6 Å². The van der Waals surface area contributed by atoms with Crippen molar-refractivity contribution in [1.82, 2.24) is 0 Å². The van der Waals surface area contributed by atoms with Crippen LogP contribution in [0.3, 0.4) is 0 Å². The lowest BCUT2D eigenvalue weighted by atomic mass is 10.1. The molecule has 1 atom stereocenters. The molecule has 0 aliphatic rings. The molecule has 0 aromatic heterocycles. The quantitative estimate of drug-likeness (QED) is 0.724. The minimum absolute atomic E-state index is 0.290. The van der Waals surface area contributed by atoms with Crippen LogP contribution in [0, 0.1) is 13.8 Å². The van der Waals surface area contributed by atoms with Crippen molar-refractivity contribution in [2.24, 2.45) is 0 Å². The molecule has 0 fully saturated rings. The number of benzene rings is 2. The van der Waals surface area contributed by atoms with E-state index in [0.717, 1.165) is 11.1 Å². The van der Waals surface area contributed by atoms with Gasteiger partial charge in [0.15, 0.2) is 12.7 Å². The summed E-state index contributed by atoms with van der Waals surface area (Å²) in [6.45, 7) is 5.05. The van der Waals surface area contributed by atoms with E-state index in [1.165, 1.54) is 14.0 Å². The summed E-state index contributed by atoms with van der Waals surface area (Å²) >= 11 is 5.93. The molecule has 0 spiro atoms. The first-order valence-electron chi connectivity index (χ1n) is 8.34. The van der Waals surface area contributed by atoms with Crippen LogP contribution in [0.5, 0.6) is 11.5 Å². The Balaban J connectivity index is 1.90. The van der Waals surface area contributed by atoms with E-state index in [1.807, 2.05) is 26.0 Å². The van der Waals surface area contributed by atoms with Gasteiger partial charge in [0, 0.05) is 5.02 Å². The zero-order valence-corrected chi connectivity index (χ0v) is 16.4. The zero-order valence-electron chi connectivity index (χ0n) is 15.7. The lowest BCUT2D eigenvalue weighted by molar-refractivity contribution is -0.155. The predicted molar refractivity (Wildman–Crippen MR) is 104 cm³/mol. The number of halogens is 1. The van der Waals surface area contributed by atoms with Gasteiger partial charge in [-0.15, -0.1) is 0 Å². The van der Waals surface area contributed by atoms with Gasteiger partial charge in [-0.2, -0.15) is 0 Å². The lowest BCUT2D eigenvalue weighted by Gasteiger charge is -2.16. The number of aryl methyl sites for hydroxylation is 2. The Kier molecular flexibility index (Phi) is 7.07. The fourth-order valence-electron chi connectivity index (χ4n) is 2.39. The second-order valence-corrected chi connectivity index (χ2v) is 6.46. The Hall–Kier alpha value is -2.73. The minimum Gasteiger partial charge on any atom is -0.495 e. The van der Waals surface area contributed by atoms with Gasteiger partial charge in [-0.1, -0.05) is 29.3 Å². The molecule has 2 aromatic rings. The van der Waals surface area contributed by atoms with Crippen molar-refractivity contribution >= 4 is 29.2 Å². The minimum atomic E-state index is -1.01. The summed E-state index contributed by atoms with van der Waals surface area (Å²) in [6.07, 6.45) is -1.01. The summed E-state index contributed by atoms with van der Waals surface area (Å²) in [4.78, 5) is 24.2. The number of amides is 1. The van der Waals surface area contributed by atoms with E-state index in [2.05, 4.69) is 5.32 Å². The van der Waals surface area contributed by atoms with Gasteiger partial charge in [-0.05, 0) is 50.6 Å². The van der Waals surface area contributed by atoms with Crippen LogP contribution < -0.4 is 14.8 Å². The number of ether oxygens (including phenoxy) is 3. The highest BCUT2D eigenvalue weighted by Gasteiger charge is 2.20. The third-order valence-electron chi connectivity index (χ3n) is 3.77. The number of methoxy groups -OCH3 is 1. The molecule has 6 nitrogen and oxygen atoms in total. The first-order chi connectivity index (χ1) is 12.8. The standard InChI is InChI=1S/C20H22ClNO5/c1-12-5-7-17(13(2)9-12)26-11-19(23)27-14(3)20(24)22-16-10-15(21)6-8-18(16)25-4/h5-10,14H,11H2,1-4H3,(H,22,24)/t14-/m0/s1. The van der Waals surface area contributed by atoms with Crippen molar-refractivity contribution in [2.45, 2.75) is 26.9 Å². The number of carbonyl (C=O) groups is 2. The van der Waals surface area contributed by atoms with Crippen LogP contribution in [0.2, 0.25) is 5.02 Å². The molecule has 0 aliphatic heterocycles. The van der Waals surface area contributed by atoms with Gasteiger partial charge in [0.05, 0.1) is 12.8 Å². The highest BCUT2D eigenvalue weighted by Crippen LogP contribution is 2.27. The van der Waals surface area contributed by atoms with Crippen molar-refractivity contribution in [1.29, 1.82) is 0 Å². The van der Waals surface area contributed by atoms with Crippen molar-refractivity contribution in [2.75, 3.05) is 19.0 Å². The van der Waals surface area contributed by atoms with Crippen LogP contribution in [-0.2, 0) is 14.3 Å².